The van der Waals surface area contributed by atoms with Crippen LogP contribution in [0.15, 0.2) is 35.3 Å². The van der Waals surface area contributed by atoms with Crippen LogP contribution in [0.25, 0.3) is 0 Å². The van der Waals surface area contributed by atoms with Gasteiger partial charge < -0.3 is 40.2 Å². The summed E-state index contributed by atoms with van der Waals surface area (Å²) in [6.45, 7) is 16.4. The molecule has 0 spiro atoms. The first-order chi connectivity index (χ1) is 20.2. The van der Waals surface area contributed by atoms with Crippen LogP contribution in [0.2, 0.25) is 0 Å². The Morgan fingerprint density at radius 2 is 1.41 bits per heavy atom. The van der Waals surface area contributed by atoms with Crippen molar-refractivity contribution < 1.29 is 38.1 Å². The summed E-state index contributed by atoms with van der Waals surface area (Å²) in [6.07, 6.45) is -1.60. The standard InChI is InChI=1S/C31H51N5O8/c1-29(2,3)42-26(32)33-17-19-36(20-18-34-27(39)43-30(4,5)6)24(37)16-15-23(35-28(40)44-31(7,8)9)25(38)41-21-22-13-11-10-12-14-22/h10-14,23H,15-21H2,1-9H3,(H2,32,33)(H,34,39)(H,35,40)/t23-/m0/s1. The zero-order chi connectivity index (χ0) is 33.6. The van der Waals surface area contributed by atoms with Crippen LogP contribution in [0.1, 0.15) is 80.7 Å². The lowest BCUT2D eigenvalue weighted by Crippen LogP contribution is -2.45. The number of hydrogen-bond donors (Lipinski definition) is 3. The maximum atomic E-state index is 13.3. The molecule has 0 radical (unpaired) electrons. The fourth-order valence-electron chi connectivity index (χ4n) is 3.55. The van der Waals surface area contributed by atoms with E-state index >= 15 is 0 Å². The lowest BCUT2D eigenvalue weighted by Gasteiger charge is -2.25. The van der Waals surface area contributed by atoms with Gasteiger partial charge in [-0.05, 0) is 74.3 Å². The molecule has 0 aliphatic rings. The molecule has 0 heterocycles. The number of amides is 3. The third-order valence-corrected chi connectivity index (χ3v) is 5.30. The second kappa shape index (κ2) is 17.3. The van der Waals surface area contributed by atoms with Gasteiger partial charge >= 0.3 is 18.2 Å². The van der Waals surface area contributed by atoms with Gasteiger partial charge in [-0.1, -0.05) is 30.3 Å². The predicted molar refractivity (Wildman–Crippen MR) is 167 cm³/mol. The van der Waals surface area contributed by atoms with Crippen molar-refractivity contribution in [3.8, 4) is 0 Å². The highest BCUT2D eigenvalue weighted by molar-refractivity contribution is 5.83. The van der Waals surface area contributed by atoms with Crippen molar-refractivity contribution in [2.45, 2.75) is 105 Å². The topological polar surface area (TPSA) is 171 Å². The maximum Gasteiger partial charge on any atom is 0.408 e. The molecular formula is C31H51N5O8. The van der Waals surface area contributed by atoms with Gasteiger partial charge in [-0.25, -0.2) is 19.4 Å². The molecule has 0 aromatic heterocycles. The first kappa shape index (κ1) is 38.0. The van der Waals surface area contributed by atoms with Crippen molar-refractivity contribution in [3.63, 3.8) is 0 Å². The average Bonchev–Trinajstić information content (AvgIpc) is 2.86. The molecule has 4 N–H and O–H groups in total. The summed E-state index contributed by atoms with van der Waals surface area (Å²) in [5.41, 5.74) is 4.62. The molecule has 1 rings (SSSR count). The van der Waals surface area contributed by atoms with Gasteiger partial charge in [0.15, 0.2) is 0 Å². The van der Waals surface area contributed by atoms with Crippen LogP contribution in [0.3, 0.4) is 0 Å². The zero-order valence-corrected chi connectivity index (χ0v) is 27.7. The van der Waals surface area contributed by atoms with Gasteiger partial charge in [0.1, 0.15) is 29.5 Å². The molecule has 0 fully saturated rings. The number of nitrogens with two attached hydrogens (primary N) is 1. The Morgan fingerprint density at radius 3 is 1.98 bits per heavy atom. The van der Waals surface area contributed by atoms with Crippen LogP contribution in [0, 0.1) is 0 Å². The molecule has 0 aliphatic heterocycles. The molecule has 13 nitrogen and oxygen atoms in total. The van der Waals surface area contributed by atoms with Gasteiger partial charge in [-0.3, -0.25) is 4.79 Å². The lowest BCUT2D eigenvalue weighted by atomic mass is 10.1. The van der Waals surface area contributed by atoms with Gasteiger partial charge in [0, 0.05) is 26.1 Å². The highest BCUT2D eigenvalue weighted by Crippen LogP contribution is 2.11. The number of benzene rings is 1. The summed E-state index contributed by atoms with van der Waals surface area (Å²) in [6, 6.07) is 7.92. The zero-order valence-electron chi connectivity index (χ0n) is 27.7. The van der Waals surface area contributed by atoms with Crippen molar-refractivity contribution in [1.82, 2.24) is 15.5 Å². The normalized spacial score (nSPS) is 12.9. The number of carbonyl (C=O) groups is 4. The third kappa shape index (κ3) is 18.5. The van der Waals surface area contributed by atoms with Crippen LogP contribution in [0.4, 0.5) is 9.59 Å². The van der Waals surface area contributed by atoms with E-state index in [1.54, 1.807) is 53.7 Å². The number of nitrogens with one attached hydrogen (secondary N) is 2. The van der Waals surface area contributed by atoms with Gasteiger partial charge in [0.25, 0.3) is 6.02 Å². The summed E-state index contributed by atoms with van der Waals surface area (Å²) in [4.78, 5) is 56.6. The van der Waals surface area contributed by atoms with Crippen LogP contribution in [0.5, 0.6) is 0 Å². The average molecular weight is 622 g/mol. The van der Waals surface area contributed by atoms with E-state index in [0.29, 0.717) is 0 Å². The van der Waals surface area contributed by atoms with Crippen molar-refractivity contribution in [1.29, 1.82) is 0 Å². The number of rotatable bonds is 13. The van der Waals surface area contributed by atoms with Gasteiger partial charge in [-0.2, -0.15) is 0 Å². The monoisotopic (exact) mass is 621 g/mol. The van der Waals surface area contributed by atoms with E-state index in [9.17, 15) is 19.2 Å². The second-order valence-corrected chi connectivity index (χ2v) is 13.1. The molecule has 1 atom stereocenters. The number of carbonyl (C=O) groups excluding carboxylic acids is 4. The van der Waals surface area contributed by atoms with Crippen LogP contribution in [-0.4, -0.2) is 84.0 Å². The molecule has 248 valence electrons. The van der Waals surface area contributed by atoms with E-state index in [2.05, 4.69) is 15.6 Å². The molecule has 13 heteroatoms. The molecule has 0 unspecified atom stereocenters. The van der Waals surface area contributed by atoms with E-state index in [-0.39, 0.29) is 57.6 Å². The highest BCUT2D eigenvalue weighted by atomic mass is 16.6. The summed E-state index contributed by atoms with van der Waals surface area (Å²) < 4.78 is 21.5. The number of alkyl carbamates (subject to hydrolysis) is 2. The van der Waals surface area contributed by atoms with E-state index in [0.717, 1.165) is 5.56 Å². The first-order valence-corrected chi connectivity index (χ1v) is 14.7. The molecular weight excluding hydrogens is 570 g/mol. The Bertz CT molecular complexity index is 1100. The van der Waals surface area contributed by atoms with E-state index in [1.807, 2.05) is 39.0 Å². The SMILES string of the molecule is CC(C)(C)OC(=O)NCCN(CCN=C(N)OC(C)(C)C)C(=O)CC[C@H](NC(=O)OC(C)(C)C)C(=O)OCc1ccccc1. The van der Waals surface area contributed by atoms with Crippen molar-refractivity contribution in [2.75, 3.05) is 26.2 Å². The first-order valence-electron chi connectivity index (χ1n) is 14.7. The molecule has 0 saturated carbocycles. The Labute approximate surface area is 261 Å². The Hall–Kier alpha value is -4.03. The predicted octanol–water partition coefficient (Wildman–Crippen LogP) is 3.89. The number of ether oxygens (including phenoxy) is 4. The number of hydrogen-bond acceptors (Lipinski definition) is 9. The molecule has 3 amide bonds. The molecule has 0 bridgehead atoms. The fraction of sp³-hybridized carbons (Fsp3) is 0.645. The van der Waals surface area contributed by atoms with E-state index in [1.165, 1.54) is 4.90 Å². The quantitative estimate of drug-likeness (QED) is 0.128. The van der Waals surface area contributed by atoms with Crippen LogP contribution < -0.4 is 16.4 Å². The van der Waals surface area contributed by atoms with E-state index in [4.69, 9.17) is 24.7 Å². The molecule has 1 aromatic carbocycles. The summed E-state index contributed by atoms with van der Waals surface area (Å²) in [7, 11) is 0. The summed E-state index contributed by atoms with van der Waals surface area (Å²) in [5.74, 6) is -1.05. The van der Waals surface area contributed by atoms with E-state index < -0.39 is 41.0 Å². The number of nitrogens with zero attached hydrogens (tertiary/aromatic N) is 2. The number of amidine groups is 1. The van der Waals surface area contributed by atoms with Crippen LogP contribution >= 0.6 is 0 Å². The minimum Gasteiger partial charge on any atom is -0.460 e. The fourth-order valence-corrected chi connectivity index (χ4v) is 3.55. The molecule has 0 aliphatic carbocycles. The largest absolute Gasteiger partial charge is 0.460 e. The minimum atomic E-state index is -1.15. The Balaban J connectivity index is 2.97. The third-order valence-electron chi connectivity index (χ3n) is 5.30. The second-order valence-electron chi connectivity index (χ2n) is 13.1. The smallest absolute Gasteiger partial charge is 0.408 e. The van der Waals surface area contributed by atoms with Crippen LogP contribution in [-0.2, 0) is 35.1 Å². The van der Waals surface area contributed by atoms with Gasteiger partial charge in [-0.15, -0.1) is 0 Å². The molecule has 0 saturated heterocycles. The number of aliphatic imine (C=N–C) groups is 1. The van der Waals surface area contributed by atoms with Crippen molar-refractivity contribution in [2.24, 2.45) is 10.7 Å². The molecule has 1 aromatic rings. The molecule has 44 heavy (non-hydrogen) atoms. The lowest BCUT2D eigenvalue weighted by molar-refractivity contribution is -0.148. The Morgan fingerprint density at radius 1 is 0.841 bits per heavy atom. The minimum absolute atomic E-state index is 0.00135. The number of esters is 1. The van der Waals surface area contributed by atoms with Gasteiger partial charge in [0.05, 0.1) is 6.54 Å². The van der Waals surface area contributed by atoms with Gasteiger partial charge in [0.2, 0.25) is 5.91 Å². The summed E-state index contributed by atoms with van der Waals surface area (Å²) in [5, 5.41) is 5.16. The maximum absolute atomic E-state index is 13.3. The Kier molecular flexibility index (Phi) is 14.9. The van der Waals surface area contributed by atoms with Crippen molar-refractivity contribution >= 4 is 30.1 Å². The van der Waals surface area contributed by atoms with Crippen molar-refractivity contribution in [3.05, 3.63) is 35.9 Å². The highest BCUT2D eigenvalue weighted by Gasteiger charge is 2.27. The summed E-state index contributed by atoms with van der Waals surface area (Å²) >= 11 is 0.